The molecule has 188 valence electrons. The second-order valence-electron chi connectivity index (χ2n) is 8.42. The van der Waals surface area contributed by atoms with Gasteiger partial charge in [0.05, 0.1) is 13.0 Å². The minimum Gasteiger partial charge on any atom is -0.281 e. The van der Waals surface area contributed by atoms with Gasteiger partial charge in [0.2, 0.25) is 11.1 Å². The van der Waals surface area contributed by atoms with Crippen molar-refractivity contribution >= 4 is 22.8 Å². The Hall–Kier alpha value is -2.91. The summed E-state index contributed by atoms with van der Waals surface area (Å²) in [5.74, 6) is -0.582. The highest BCUT2D eigenvalue weighted by Gasteiger charge is 2.25. The Morgan fingerprint density at radius 3 is 1.71 bits per heavy atom. The number of halogens is 3. The number of nitrogens with one attached hydrogen (secondary N) is 1. The van der Waals surface area contributed by atoms with E-state index in [0.717, 1.165) is 36.3 Å². The van der Waals surface area contributed by atoms with Crippen molar-refractivity contribution in [2.75, 3.05) is 40.3 Å². The zero-order valence-corrected chi connectivity index (χ0v) is 20.8. The summed E-state index contributed by atoms with van der Waals surface area (Å²) >= 11 is 5.12. The lowest BCUT2D eigenvalue weighted by molar-refractivity contribution is -0.140. The van der Waals surface area contributed by atoms with Gasteiger partial charge in [-0.15, -0.1) is 0 Å². The molecule has 2 aliphatic rings. The van der Waals surface area contributed by atoms with Crippen LogP contribution in [0.15, 0.2) is 72.8 Å². The molecule has 4 rings (SSSR count). The zero-order valence-electron chi connectivity index (χ0n) is 20.1. The first-order chi connectivity index (χ1) is 16.5. The number of benzene rings is 2. The fourth-order valence-corrected chi connectivity index (χ4v) is 3.55. The Labute approximate surface area is 210 Å². The Bertz CT molecular complexity index is 1030. The normalized spacial score (nSPS) is 15.9. The monoisotopic (exact) mass is 504 g/mol. The Kier molecular flexibility index (Phi) is 11.2. The molecule has 2 saturated heterocycles. The highest BCUT2D eigenvalue weighted by atomic mass is 35.5. The van der Waals surface area contributed by atoms with E-state index in [2.05, 4.69) is 18.6 Å². The number of nitrogens with zero attached hydrogens (tertiary/aromatic N) is 3. The van der Waals surface area contributed by atoms with E-state index >= 15 is 0 Å². The predicted octanol–water partition coefficient (Wildman–Crippen LogP) is 3.74. The van der Waals surface area contributed by atoms with Crippen molar-refractivity contribution in [3.63, 3.8) is 0 Å². The second-order valence-corrected chi connectivity index (χ2v) is 8.84. The molecule has 1 amide bonds. The van der Waals surface area contributed by atoms with E-state index in [9.17, 15) is 18.4 Å². The van der Waals surface area contributed by atoms with Gasteiger partial charge < -0.3 is 0 Å². The maximum absolute atomic E-state index is 12.7. The van der Waals surface area contributed by atoms with Crippen molar-refractivity contribution in [1.82, 2.24) is 20.5 Å². The molecular weight excluding hydrogens is 474 g/mol. The SMILES string of the molecule is C=C1CN(C)N(C(=O)Cc2ccc(F)cc2)C1.C=C1CNN(C)C1.O=C(Cl)Cc1ccc(F)cc1. The van der Waals surface area contributed by atoms with E-state index in [1.165, 1.54) is 42.0 Å². The maximum Gasteiger partial charge on any atom is 0.241 e. The van der Waals surface area contributed by atoms with Crippen molar-refractivity contribution in [3.8, 4) is 0 Å². The van der Waals surface area contributed by atoms with Gasteiger partial charge in [-0.2, -0.15) is 0 Å². The van der Waals surface area contributed by atoms with Crippen molar-refractivity contribution in [2.45, 2.75) is 12.8 Å². The molecule has 0 aromatic heterocycles. The van der Waals surface area contributed by atoms with Gasteiger partial charge in [-0.25, -0.2) is 18.8 Å². The lowest BCUT2D eigenvalue weighted by atomic mass is 10.1. The van der Waals surface area contributed by atoms with Crippen LogP contribution in [-0.4, -0.2) is 66.5 Å². The number of rotatable bonds is 4. The number of hydrogen-bond acceptors (Lipinski definition) is 5. The third-order valence-corrected chi connectivity index (χ3v) is 5.24. The Morgan fingerprint density at radius 2 is 1.37 bits per heavy atom. The maximum atomic E-state index is 12.7. The summed E-state index contributed by atoms with van der Waals surface area (Å²) in [5.41, 5.74) is 6.95. The van der Waals surface area contributed by atoms with Crippen molar-refractivity contribution in [1.29, 1.82) is 0 Å². The summed E-state index contributed by atoms with van der Waals surface area (Å²) in [6.07, 6.45) is 0.444. The zero-order chi connectivity index (χ0) is 26.0. The van der Waals surface area contributed by atoms with E-state index in [-0.39, 0.29) is 30.4 Å². The third kappa shape index (κ3) is 10.5. The molecule has 2 heterocycles. The molecule has 35 heavy (non-hydrogen) atoms. The molecule has 9 heteroatoms. The van der Waals surface area contributed by atoms with Crippen LogP contribution in [0.4, 0.5) is 8.78 Å². The topological polar surface area (TPSA) is 55.9 Å². The molecule has 0 spiro atoms. The fourth-order valence-electron chi connectivity index (χ4n) is 3.39. The molecule has 2 fully saturated rings. The molecule has 2 aromatic carbocycles. The molecule has 1 N–H and O–H groups in total. The van der Waals surface area contributed by atoms with Crippen LogP contribution in [0.5, 0.6) is 0 Å². The molecule has 6 nitrogen and oxygen atoms in total. The van der Waals surface area contributed by atoms with Crippen LogP contribution in [0.2, 0.25) is 0 Å². The van der Waals surface area contributed by atoms with Gasteiger partial charge in [-0.1, -0.05) is 37.4 Å². The molecule has 2 aromatic rings. The minimum absolute atomic E-state index is 0.0118. The summed E-state index contributed by atoms with van der Waals surface area (Å²) in [7, 11) is 3.87. The van der Waals surface area contributed by atoms with Crippen LogP contribution in [0.1, 0.15) is 11.1 Å². The van der Waals surface area contributed by atoms with Crippen molar-refractivity contribution in [3.05, 3.63) is 95.6 Å². The molecule has 0 saturated carbocycles. The van der Waals surface area contributed by atoms with E-state index in [1.807, 2.05) is 24.1 Å². The van der Waals surface area contributed by atoms with Crippen LogP contribution in [0.25, 0.3) is 0 Å². The van der Waals surface area contributed by atoms with Gasteiger partial charge in [0, 0.05) is 40.2 Å². The van der Waals surface area contributed by atoms with Crippen LogP contribution < -0.4 is 5.43 Å². The quantitative estimate of drug-likeness (QED) is 0.508. The van der Waals surface area contributed by atoms with E-state index < -0.39 is 5.24 Å². The molecule has 0 bridgehead atoms. The Morgan fingerprint density at radius 1 is 0.857 bits per heavy atom. The molecule has 0 radical (unpaired) electrons. The summed E-state index contributed by atoms with van der Waals surface area (Å²) in [6.45, 7) is 10.9. The van der Waals surface area contributed by atoms with Crippen LogP contribution in [0.3, 0.4) is 0 Å². The van der Waals surface area contributed by atoms with Crippen LogP contribution in [0, 0.1) is 11.6 Å². The summed E-state index contributed by atoms with van der Waals surface area (Å²) in [4.78, 5) is 22.4. The lowest BCUT2D eigenvalue weighted by Crippen LogP contribution is -2.39. The summed E-state index contributed by atoms with van der Waals surface area (Å²) < 4.78 is 25.0. The largest absolute Gasteiger partial charge is 0.281 e. The van der Waals surface area contributed by atoms with Crippen LogP contribution >= 0.6 is 11.6 Å². The van der Waals surface area contributed by atoms with Crippen LogP contribution in [-0.2, 0) is 22.4 Å². The number of amides is 1. The minimum atomic E-state index is -0.434. The first-order valence-corrected chi connectivity index (χ1v) is 11.4. The second kappa shape index (κ2) is 13.8. The smallest absolute Gasteiger partial charge is 0.241 e. The highest BCUT2D eigenvalue weighted by molar-refractivity contribution is 6.63. The Balaban J connectivity index is 0.000000205. The molecule has 2 aliphatic heterocycles. The standard InChI is InChI=1S/C13H15FN2O.C8H6ClFO.C5H10N2/c1-10-8-15(2)16(9-10)13(17)7-11-3-5-12(14)6-4-11;9-8(11)5-6-1-3-7(10)4-2-6;1-5-3-6-7(2)4-5/h3-6H,1,7-9H2,2H3;1-4H,5H2;6H,1,3-4H2,2H3. The van der Waals surface area contributed by atoms with Gasteiger partial charge in [0.1, 0.15) is 11.6 Å². The lowest BCUT2D eigenvalue weighted by Gasteiger charge is -2.23. The number of carbonyl (C=O) groups excluding carboxylic acids is 2. The van der Waals surface area contributed by atoms with E-state index in [4.69, 9.17) is 11.6 Å². The third-order valence-electron chi connectivity index (χ3n) is 5.11. The fraction of sp³-hybridized carbons (Fsp3) is 0.308. The van der Waals surface area contributed by atoms with Gasteiger partial charge in [-0.05, 0) is 58.1 Å². The van der Waals surface area contributed by atoms with Crippen molar-refractivity contribution in [2.24, 2.45) is 0 Å². The molecule has 0 unspecified atom stereocenters. The number of hydrogen-bond donors (Lipinski definition) is 1. The molecule has 0 aliphatic carbocycles. The average Bonchev–Trinajstić information content (AvgIpc) is 3.34. The molecular formula is C26H31ClF2N4O2. The first-order valence-electron chi connectivity index (χ1n) is 11.0. The summed E-state index contributed by atoms with van der Waals surface area (Å²) in [5, 5.41) is 5.12. The number of carbonyl (C=O) groups is 2. The van der Waals surface area contributed by atoms with Gasteiger partial charge in [0.25, 0.3) is 0 Å². The van der Waals surface area contributed by atoms with E-state index in [0.29, 0.717) is 6.54 Å². The van der Waals surface area contributed by atoms with Gasteiger partial charge in [0.15, 0.2) is 0 Å². The average molecular weight is 505 g/mol. The molecule has 0 atom stereocenters. The number of hydrazine groups is 2. The highest BCUT2D eigenvalue weighted by Crippen LogP contribution is 2.14. The van der Waals surface area contributed by atoms with Gasteiger partial charge >= 0.3 is 0 Å². The predicted molar refractivity (Wildman–Crippen MR) is 134 cm³/mol. The first kappa shape index (κ1) is 28.3. The van der Waals surface area contributed by atoms with Gasteiger partial charge in [-0.3, -0.25) is 20.0 Å². The number of likely N-dealkylation sites (N-methyl/N-ethyl adjacent to an activating group) is 2. The van der Waals surface area contributed by atoms with E-state index in [1.54, 1.807) is 17.1 Å². The van der Waals surface area contributed by atoms with Crippen molar-refractivity contribution < 1.29 is 18.4 Å². The summed E-state index contributed by atoms with van der Waals surface area (Å²) in [6, 6.07) is 11.7.